The molecule has 1 aliphatic rings. The first-order chi connectivity index (χ1) is 8.71. The molecule has 0 saturated carbocycles. The van der Waals surface area contributed by atoms with Gasteiger partial charge in [0.05, 0.1) is 16.7 Å². The Morgan fingerprint density at radius 2 is 2.16 bits per heavy atom. The van der Waals surface area contributed by atoms with E-state index in [0.29, 0.717) is 18.1 Å². The lowest BCUT2D eigenvalue weighted by Crippen LogP contribution is -2.53. The molecule has 1 aliphatic heterocycles. The molecule has 0 aromatic carbocycles. The highest BCUT2D eigenvalue weighted by Crippen LogP contribution is 2.26. The fraction of sp³-hybridized carbons (Fsp3) is 0.583. The van der Waals surface area contributed by atoms with E-state index < -0.39 is 15.6 Å². The fourth-order valence-electron chi connectivity index (χ4n) is 2.26. The highest BCUT2D eigenvalue weighted by Gasteiger charge is 2.38. The van der Waals surface area contributed by atoms with Crippen molar-refractivity contribution in [3.8, 4) is 0 Å². The van der Waals surface area contributed by atoms with Crippen molar-refractivity contribution in [1.29, 1.82) is 0 Å². The Morgan fingerprint density at radius 1 is 1.47 bits per heavy atom. The molecule has 0 spiro atoms. The van der Waals surface area contributed by atoms with Gasteiger partial charge < -0.3 is 4.74 Å². The van der Waals surface area contributed by atoms with Gasteiger partial charge in [-0.25, -0.2) is 8.42 Å². The number of nitrogens with zero attached hydrogens (tertiary/aromatic N) is 2. The Hall–Kier alpha value is -0.690. The molecule has 2 heterocycles. The summed E-state index contributed by atoms with van der Waals surface area (Å²) < 4.78 is 32.2. The monoisotopic (exact) mass is 304 g/mol. The zero-order valence-corrected chi connectivity index (χ0v) is 12.7. The average molecular weight is 305 g/mol. The van der Waals surface area contributed by atoms with Gasteiger partial charge in [-0.2, -0.15) is 4.31 Å². The van der Waals surface area contributed by atoms with Crippen LogP contribution in [0.25, 0.3) is 0 Å². The van der Waals surface area contributed by atoms with Crippen LogP contribution in [-0.2, 0) is 14.8 Å². The van der Waals surface area contributed by atoms with Gasteiger partial charge in [0.15, 0.2) is 0 Å². The van der Waals surface area contributed by atoms with Crippen LogP contribution in [0, 0.1) is 0 Å². The van der Waals surface area contributed by atoms with E-state index in [2.05, 4.69) is 4.98 Å². The Kier molecular flexibility index (Phi) is 3.88. The predicted octanol–water partition coefficient (Wildman–Crippen LogP) is 1.92. The van der Waals surface area contributed by atoms with E-state index in [1.54, 1.807) is 0 Å². The number of halogens is 1. The number of pyridine rings is 1. The first kappa shape index (κ1) is 14.7. The molecule has 2 rings (SSSR count). The van der Waals surface area contributed by atoms with E-state index in [0.717, 1.165) is 0 Å². The second kappa shape index (κ2) is 5.01. The van der Waals surface area contributed by atoms with Crippen LogP contribution < -0.4 is 0 Å². The molecular formula is C12H17ClN2O3S. The lowest BCUT2D eigenvalue weighted by Gasteiger charge is -2.40. The smallest absolute Gasteiger partial charge is 0.244 e. The largest absolute Gasteiger partial charge is 0.370 e. The fourth-order valence-corrected chi connectivity index (χ4v) is 4.15. The maximum absolute atomic E-state index is 12.5. The van der Waals surface area contributed by atoms with Crippen molar-refractivity contribution < 1.29 is 13.2 Å². The number of morpholine rings is 1. The number of ether oxygens (including phenoxy) is 1. The van der Waals surface area contributed by atoms with Crippen LogP contribution in [0.2, 0.25) is 5.02 Å². The van der Waals surface area contributed by atoms with Crippen LogP contribution in [0.3, 0.4) is 0 Å². The molecule has 0 aliphatic carbocycles. The average Bonchev–Trinajstić information content (AvgIpc) is 2.26. The number of sulfonamides is 1. The molecule has 0 bridgehead atoms. The Bertz CT molecular complexity index is 574. The molecule has 0 radical (unpaired) electrons. The van der Waals surface area contributed by atoms with Crippen molar-refractivity contribution in [1.82, 2.24) is 9.29 Å². The summed E-state index contributed by atoms with van der Waals surface area (Å²) in [5.74, 6) is 0. The van der Waals surface area contributed by atoms with Crippen LogP contribution in [0.15, 0.2) is 23.4 Å². The normalized spacial score (nSPS) is 24.3. The first-order valence-electron chi connectivity index (χ1n) is 5.99. The molecule has 0 amide bonds. The van der Waals surface area contributed by atoms with Crippen molar-refractivity contribution in [3.05, 3.63) is 23.5 Å². The van der Waals surface area contributed by atoms with E-state index in [9.17, 15) is 8.42 Å². The number of rotatable bonds is 2. The molecule has 1 aromatic rings. The summed E-state index contributed by atoms with van der Waals surface area (Å²) in [5.41, 5.74) is -0.503. The summed E-state index contributed by atoms with van der Waals surface area (Å²) in [5, 5.41) is 0.307. The molecule has 5 nitrogen and oxygen atoms in total. The molecular weight excluding hydrogens is 288 g/mol. The van der Waals surface area contributed by atoms with Crippen molar-refractivity contribution >= 4 is 21.6 Å². The third-order valence-corrected chi connectivity index (χ3v) is 4.84. The van der Waals surface area contributed by atoms with Gasteiger partial charge in [0.25, 0.3) is 0 Å². The Balaban J connectivity index is 2.34. The molecule has 106 valence electrons. The van der Waals surface area contributed by atoms with E-state index in [4.69, 9.17) is 16.3 Å². The molecule has 0 N–H and O–H groups in total. The summed E-state index contributed by atoms with van der Waals surface area (Å²) >= 11 is 5.80. The topological polar surface area (TPSA) is 59.5 Å². The Morgan fingerprint density at radius 3 is 2.74 bits per heavy atom. The standard InChI is InChI=1S/C12H17ClN2O3S/c1-9-7-15(8-12(2,3)18-9)19(16,17)11-4-10(13)5-14-6-11/h4-6,9H,7-8H2,1-3H3. The van der Waals surface area contributed by atoms with Crippen molar-refractivity contribution in [2.45, 2.75) is 37.4 Å². The molecule has 1 aromatic heterocycles. The summed E-state index contributed by atoms with van der Waals surface area (Å²) in [4.78, 5) is 3.95. The summed E-state index contributed by atoms with van der Waals surface area (Å²) in [6, 6.07) is 1.41. The van der Waals surface area contributed by atoms with E-state index in [1.165, 1.54) is 22.8 Å². The van der Waals surface area contributed by atoms with Crippen molar-refractivity contribution in [3.63, 3.8) is 0 Å². The minimum absolute atomic E-state index is 0.116. The van der Waals surface area contributed by atoms with Crippen LogP contribution in [0.5, 0.6) is 0 Å². The zero-order chi connectivity index (χ0) is 14.3. The summed E-state index contributed by atoms with van der Waals surface area (Å²) in [6.07, 6.45) is 2.58. The van der Waals surface area contributed by atoms with E-state index in [1.807, 2.05) is 20.8 Å². The van der Waals surface area contributed by atoms with Gasteiger partial charge in [0, 0.05) is 25.5 Å². The van der Waals surface area contributed by atoms with E-state index >= 15 is 0 Å². The highest BCUT2D eigenvalue weighted by atomic mass is 35.5. The molecule has 7 heteroatoms. The van der Waals surface area contributed by atoms with E-state index in [-0.39, 0.29) is 11.0 Å². The molecule has 1 saturated heterocycles. The molecule has 19 heavy (non-hydrogen) atoms. The van der Waals surface area contributed by atoms with Gasteiger partial charge in [-0.1, -0.05) is 11.6 Å². The molecule has 1 unspecified atom stereocenters. The van der Waals surface area contributed by atoms with Crippen LogP contribution in [0.1, 0.15) is 20.8 Å². The maximum Gasteiger partial charge on any atom is 0.244 e. The minimum Gasteiger partial charge on any atom is -0.370 e. The second-order valence-electron chi connectivity index (χ2n) is 5.32. The van der Waals surface area contributed by atoms with Crippen LogP contribution in [-0.4, -0.2) is 42.5 Å². The minimum atomic E-state index is -3.58. The van der Waals surface area contributed by atoms with Gasteiger partial charge in [-0.15, -0.1) is 0 Å². The molecule has 1 fully saturated rings. The third-order valence-electron chi connectivity index (χ3n) is 2.86. The van der Waals surface area contributed by atoms with Crippen molar-refractivity contribution in [2.75, 3.05) is 13.1 Å². The van der Waals surface area contributed by atoms with Gasteiger partial charge in [0.1, 0.15) is 4.90 Å². The predicted molar refractivity (Wildman–Crippen MR) is 72.6 cm³/mol. The lowest BCUT2D eigenvalue weighted by molar-refractivity contribution is -0.109. The maximum atomic E-state index is 12.5. The van der Waals surface area contributed by atoms with Crippen LogP contribution in [0.4, 0.5) is 0 Å². The highest BCUT2D eigenvalue weighted by molar-refractivity contribution is 7.89. The summed E-state index contributed by atoms with van der Waals surface area (Å²) in [7, 11) is -3.58. The third kappa shape index (κ3) is 3.25. The SMILES string of the molecule is CC1CN(S(=O)(=O)c2cncc(Cl)c2)CC(C)(C)O1. The summed E-state index contributed by atoms with van der Waals surface area (Å²) in [6.45, 7) is 6.26. The number of hydrogen-bond donors (Lipinski definition) is 0. The lowest BCUT2D eigenvalue weighted by atomic mass is 10.1. The second-order valence-corrected chi connectivity index (χ2v) is 7.70. The van der Waals surface area contributed by atoms with Gasteiger partial charge in [0.2, 0.25) is 10.0 Å². The van der Waals surface area contributed by atoms with Crippen molar-refractivity contribution in [2.24, 2.45) is 0 Å². The first-order valence-corrected chi connectivity index (χ1v) is 7.81. The number of aromatic nitrogens is 1. The quantitative estimate of drug-likeness (QED) is 0.837. The van der Waals surface area contributed by atoms with Gasteiger partial charge in [-0.05, 0) is 26.8 Å². The van der Waals surface area contributed by atoms with Crippen LogP contribution >= 0.6 is 11.6 Å². The van der Waals surface area contributed by atoms with Gasteiger partial charge in [-0.3, -0.25) is 4.98 Å². The zero-order valence-electron chi connectivity index (χ0n) is 11.1. The number of hydrogen-bond acceptors (Lipinski definition) is 4. The van der Waals surface area contributed by atoms with Gasteiger partial charge >= 0.3 is 0 Å². The molecule has 1 atom stereocenters. The Labute approximate surface area is 118 Å².